The van der Waals surface area contributed by atoms with Crippen molar-refractivity contribution in [1.82, 2.24) is 20.1 Å². The van der Waals surface area contributed by atoms with Crippen LogP contribution in [0.2, 0.25) is 0 Å². The lowest BCUT2D eigenvalue weighted by Gasteiger charge is -2.38. The lowest BCUT2D eigenvalue weighted by molar-refractivity contribution is -0.126. The van der Waals surface area contributed by atoms with E-state index >= 15 is 0 Å². The van der Waals surface area contributed by atoms with Crippen molar-refractivity contribution in [2.24, 2.45) is 7.05 Å². The molecule has 0 aliphatic carbocycles. The van der Waals surface area contributed by atoms with E-state index in [1.807, 2.05) is 45.2 Å². The van der Waals surface area contributed by atoms with Crippen LogP contribution in [0.3, 0.4) is 0 Å². The second kappa shape index (κ2) is 8.35. The summed E-state index contributed by atoms with van der Waals surface area (Å²) in [7, 11) is 1.82. The molecular weight excluding hydrogens is 448 g/mol. The topological polar surface area (TPSA) is 78.3 Å². The van der Waals surface area contributed by atoms with Gasteiger partial charge in [0.25, 0.3) is 5.91 Å². The molecule has 7 nitrogen and oxygen atoms in total. The fraction of sp³-hybridized carbons (Fsp3) is 0.409. The molecule has 8 heteroatoms. The molecule has 1 N–H and O–H groups in total. The molecule has 1 aliphatic heterocycles. The number of nitrogens with zero attached hydrogens (tertiary/aromatic N) is 3. The first kappa shape index (κ1) is 20.8. The molecule has 2 aromatic heterocycles. The van der Waals surface area contributed by atoms with Crippen molar-refractivity contribution in [3.05, 3.63) is 51.6 Å². The minimum Gasteiger partial charge on any atom is -0.466 e. The quantitative estimate of drug-likeness (QED) is 0.614. The maximum atomic E-state index is 12.9. The average Bonchev–Trinajstić information content (AvgIpc) is 3.03. The van der Waals surface area contributed by atoms with Crippen LogP contribution in [0.25, 0.3) is 11.0 Å². The number of pyridine rings is 1. The summed E-state index contributed by atoms with van der Waals surface area (Å²) in [4.78, 5) is 17.4. The number of ether oxygens (including phenoxy) is 2. The maximum absolute atomic E-state index is 12.9. The van der Waals surface area contributed by atoms with E-state index in [0.717, 1.165) is 32.3 Å². The van der Waals surface area contributed by atoms with Gasteiger partial charge in [-0.05, 0) is 56.0 Å². The molecule has 3 aromatic rings. The molecule has 1 aromatic carbocycles. The third-order valence-corrected chi connectivity index (χ3v) is 6.02. The molecule has 0 bridgehead atoms. The summed E-state index contributed by atoms with van der Waals surface area (Å²) in [6, 6.07) is 10.0. The SMILES string of the molecule is Cc1cc(C)c2c(OCC(=O)NC3(c4cccc(Br)c4)CCOCC3)nn(C)c2n1. The normalized spacial score (nSPS) is 15.9. The van der Waals surface area contributed by atoms with Crippen LogP contribution in [0.4, 0.5) is 0 Å². The van der Waals surface area contributed by atoms with Gasteiger partial charge in [-0.1, -0.05) is 28.1 Å². The van der Waals surface area contributed by atoms with E-state index in [4.69, 9.17) is 9.47 Å². The molecular formula is C22H25BrN4O3. The van der Waals surface area contributed by atoms with Crippen LogP contribution in [-0.4, -0.2) is 40.5 Å². The number of nitrogens with one attached hydrogen (secondary N) is 1. The van der Waals surface area contributed by atoms with E-state index in [0.29, 0.717) is 31.9 Å². The Balaban J connectivity index is 1.53. The number of carbonyl (C=O) groups is 1. The Morgan fingerprint density at radius 1 is 1.30 bits per heavy atom. The number of benzene rings is 1. The highest BCUT2D eigenvalue weighted by atomic mass is 79.9. The number of aromatic nitrogens is 3. The molecule has 30 heavy (non-hydrogen) atoms. The van der Waals surface area contributed by atoms with Crippen molar-refractivity contribution in [3.63, 3.8) is 0 Å². The number of hydrogen-bond donors (Lipinski definition) is 1. The van der Waals surface area contributed by atoms with Crippen LogP contribution >= 0.6 is 15.9 Å². The number of amides is 1. The second-order valence-corrected chi connectivity index (χ2v) is 8.67. The van der Waals surface area contributed by atoms with E-state index in [-0.39, 0.29) is 12.5 Å². The number of carbonyl (C=O) groups excluding carboxylic acids is 1. The molecule has 1 aliphatic rings. The van der Waals surface area contributed by atoms with E-state index in [9.17, 15) is 4.79 Å². The monoisotopic (exact) mass is 472 g/mol. The smallest absolute Gasteiger partial charge is 0.258 e. The third kappa shape index (κ3) is 4.06. The van der Waals surface area contributed by atoms with Gasteiger partial charge in [0, 0.05) is 30.4 Å². The van der Waals surface area contributed by atoms with Gasteiger partial charge < -0.3 is 14.8 Å². The molecule has 1 saturated heterocycles. The number of fused-ring (bicyclic) bond motifs is 1. The van der Waals surface area contributed by atoms with Gasteiger partial charge in [-0.2, -0.15) is 0 Å². The second-order valence-electron chi connectivity index (χ2n) is 7.75. The van der Waals surface area contributed by atoms with Crippen molar-refractivity contribution in [2.45, 2.75) is 32.2 Å². The molecule has 4 rings (SSSR count). The molecule has 3 heterocycles. The fourth-order valence-electron chi connectivity index (χ4n) is 4.08. The molecule has 1 amide bonds. The predicted octanol–water partition coefficient (Wildman–Crippen LogP) is 3.55. The summed E-state index contributed by atoms with van der Waals surface area (Å²) in [6.07, 6.45) is 1.42. The van der Waals surface area contributed by atoms with Crippen LogP contribution in [0, 0.1) is 13.8 Å². The lowest BCUT2D eigenvalue weighted by atomic mass is 9.82. The molecule has 0 atom stereocenters. The van der Waals surface area contributed by atoms with Crippen molar-refractivity contribution >= 4 is 32.9 Å². The summed E-state index contributed by atoms with van der Waals surface area (Å²) < 4.78 is 14.1. The van der Waals surface area contributed by atoms with Gasteiger partial charge in [0.2, 0.25) is 5.88 Å². The van der Waals surface area contributed by atoms with Crippen LogP contribution < -0.4 is 10.1 Å². The Morgan fingerprint density at radius 3 is 2.80 bits per heavy atom. The van der Waals surface area contributed by atoms with E-state index < -0.39 is 5.54 Å². The summed E-state index contributed by atoms with van der Waals surface area (Å²) in [5.74, 6) is 0.240. The number of hydrogen-bond acceptors (Lipinski definition) is 5. The number of halogens is 1. The van der Waals surface area contributed by atoms with Gasteiger partial charge >= 0.3 is 0 Å². The minimum absolute atomic E-state index is 0.115. The molecule has 0 spiro atoms. The van der Waals surface area contributed by atoms with E-state index in [1.165, 1.54) is 0 Å². The zero-order valence-corrected chi connectivity index (χ0v) is 19.0. The van der Waals surface area contributed by atoms with Gasteiger partial charge in [0.05, 0.1) is 10.9 Å². The van der Waals surface area contributed by atoms with Crippen LogP contribution in [0.15, 0.2) is 34.8 Å². The minimum atomic E-state index is -0.469. The Hall–Kier alpha value is -2.45. The zero-order chi connectivity index (χ0) is 21.3. The summed E-state index contributed by atoms with van der Waals surface area (Å²) >= 11 is 3.53. The van der Waals surface area contributed by atoms with Gasteiger partial charge in [-0.25, -0.2) is 9.67 Å². The van der Waals surface area contributed by atoms with Crippen molar-refractivity contribution in [2.75, 3.05) is 19.8 Å². The average molecular weight is 473 g/mol. The molecule has 0 radical (unpaired) electrons. The van der Waals surface area contributed by atoms with Crippen molar-refractivity contribution in [3.8, 4) is 5.88 Å². The molecule has 0 unspecified atom stereocenters. The van der Waals surface area contributed by atoms with Crippen molar-refractivity contribution in [1.29, 1.82) is 0 Å². The summed E-state index contributed by atoms with van der Waals surface area (Å²) in [6.45, 7) is 5.03. The maximum Gasteiger partial charge on any atom is 0.258 e. The van der Waals surface area contributed by atoms with Crippen LogP contribution in [0.5, 0.6) is 5.88 Å². The van der Waals surface area contributed by atoms with Gasteiger partial charge in [0.15, 0.2) is 12.3 Å². The highest BCUT2D eigenvalue weighted by molar-refractivity contribution is 9.10. The zero-order valence-electron chi connectivity index (χ0n) is 17.4. The Labute approximate surface area is 183 Å². The Morgan fingerprint density at radius 2 is 2.07 bits per heavy atom. The highest BCUT2D eigenvalue weighted by Gasteiger charge is 2.36. The molecule has 1 fully saturated rings. The molecule has 158 valence electrons. The lowest BCUT2D eigenvalue weighted by Crippen LogP contribution is -2.50. The first-order valence-electron chi connectivity index (χ1n) is 9.96. The number of aryl methyl sites for hydroxylation is 3. The standard InChI is InChI=1S/C22H25BrN4O3/c1-14-11-15(2)24-20-19(14)21(26-27(20)3)30-13-18(28)25-22(7-9-29-10-8-22)16-5-4-6-17(23)12-16/h4-6,11-12H,7-10,13H2,1-3H3,(H,25,28). The predicted molar refractivity (Wildman–Crippen MR) is 117 cm³/mol. The Bertz CT molecular complexity index is 1090. The first-order valence-corrected chi connectivity index (χ1v) is 10.8. The highest BCUT2D eigenvalue weighted by Crippen LogP contribution is 2.33. The van der Waals surface area contributed by atoms with E-state index in [2.05, 4.69) is 37.4 Å². The van der Waals surface area contributed by atoms with Gasteiger partial charge in [-0.3, -0.25) is 4.79 Å². The molecule has 0 saturated carbocycles. The largest absolute Gasteiger partial charge is 0.466 e. The van der Waals surface area contributed by atoms with Crippen LogP contribution in [0.1, 0.15) is 29.7 Å². The number of rotatable bonds is 5. The third-order valence-electron chi connectivity index (χ3n) is 5.53. The first-order chi connectivity index (χ1) is 14.4. The van der Waals surface area contributed by atoms with E-state index in [1.54, 1.807) is 4.68 Å². The van der Waals surface area contributed by atoms with Gasteiger partial charge in [0.1, 0.15) is 0 Å². The van der Waals surface area contributed by atoms with Crippen LogP contribution in [-0.2, 0) is 22.1 Å². The summed E-state index contributed by atoms with van der Waals surface area (Å²) in [5, 5.41) is 8.47. The fourth-order valence-corrected chi connectivity index (χ4v) is 4.48. The summed E-state index contributed by atoms with van der Waals surface area (Å²) in [5.41, 5.74) is 3.28. The Kier molecular flexibility index (Phi) is 5.79. The van der Waals surface area contributed by atoms with Crippen molar-refractivity contribution < 1.29 is 14.3 Å². The van der Waals surface area contributed by atoms with Gasteiger partial charge in [-0.15, -0.1) is 5.10 Å².